The minimum absolute atomic E-state index is 0.623. The van der Waals surface area contributed by atoms with E-state index in [0.717, 1.165) is 79.1 Å². The van der Waals surface area contributed by atoms with Crippen molar-refractivity contribution in [3.63, 3.8) is 0 Å². The van der Waals surface area contributed by atoms with Crippen molar-refractivity contribution in [1.82, 2.24) is 19.5 Å². The molecule has 0 atom stereocenters. The summed E-state index contributed by atoms with van der Waals surface area (Å²) in [4.78, 5) is 16.0. The van der Waals surface area contributed by atoms with E-state index >= 15 is 0 Å². The standard InChI is InChI=1S/C51H32N4O/c1-2-15-32(16-3-1)49-52-50(36-27-26-31-14-4-5-17-33(31)28-36)54-51(53-49)46-39-22-9-8-21-38(39)45-40-23-11-13-25-44(40)56-48(45)47(46)55-42-24-12-10-20-37(42)41-29-34-18-6-7-19-35(34)30-43(41)55/h1-8,10-21,23-30H,9,22H2. The Hall–Kier alpha value is -7.37. The van der Waals surface area contributed by atoms with E-state index in [1.807, 2.05) is 24.3 Å². The zero-order valence-electron chi connectivity index (χ0n) is 30.3. The first-order chi connectivity index (χ1) is 27.8. The van der Waals surface area contributed by atoms with Gasteiger partial charge in [-0.05, 0) is 75.8 Å². The summed E-state index contributed by atoms with van der Waals surface area (Å²) < 4.78 is 9.49. The molecule has 56 heavy (non-hydrogen) atoms. The maximum absolute atomic E-state index is 7.07. The molecule has 0 N–H and O–H groups in total. The van der Waals surface area contributed by atoms with Crippen LogP contribution in [0, 0.1) is 0 Å². The van der Waals surface area contributed by atoms with Gasteiger partial charge in [-0.2, -0.15) is 0 Å². The van der Waals surface area contributed by atoms with Crippen molar-refractivity contribution in [1.29, 1.82) is 0 Å². The van der Waals surface area contributed by atoms with Gasteiger partial charge in [0.15, 0.2) is 23.1 Å². The zero-order valence-corrected chi connectivity index (χ0v) is 30.3. The molecule has 0 aliphatic heterocycles. The average Bonchev–Trinajstić information content (AvgIpc) is 3.81. The minimum Gasteiger partial charge on any atom is -0.454 e. The van der Waals surface area contributed by atoms with Crippen molar-refractivity contribution >= 4 is 71.4 Å². The van der Waals surface area contributed by atoms with Crippen molar-refractivity contribution in [2.24, 2.45) is 0 Å². The van der Waals surface area contributed by atoms with Crippen LogP contribution in [-0.4, -0.2) is 19.5 Å². The summed E-state index contributed by atoms with van der Waals surface area (Å²) >= 11 is 0. The average molecular weight is 717 g/mol. The lowest BCUT2D eigenvalue weighted by Crippen LogP contribution is -2.09. The van der Waals surface area contributed by atoms with Gasteiger partial charge in [0, 0.05) is 32.7 Å². The summed E-state index contributed by atoms with van der Waals surface area (Å²) in [7, 11) is 0. The lowest BCUT2D eigenvalue weighted by atomic mass is 9.87. The normalized spacial score (nSPS) is 12.8. The predicted octanol–water partition coefficient (Wildman–Crippen LogP) is 13.1. The van der Waals surface area contributed by atoms with Crippen molar-refractivity contribution in [3.8, 4) is 39.9 Å². The first-order valence-electron chi connectivity index (χ1n) is 19.2. The molecule has 0 radical (unpaired) electrons. The molecule has 0 bridgehead atoms. The smallest absolute Gasteiger partial charge is 0.166 e. The number of benzene rings is 8. The van der Waals surface area contributed by atoms with Gasteiger partial charge in [0.1, 0.15) is 11.3 Å². The SMILES string of the molecule is C1=Cc2c(c(-c3nc(-c4ccccc4)nc(-c4ccc5ccccc5c4)n3)c(-n3c4ccccc4c4cc5ccccc5cc43)c3oc4ccccc4c23)CC1. The highest BCUT2D eigenvalue weighted by atomic mass is 16.3. The number of hydrogen-bond donors (Lipinski definition) is 0. The van der Waals surface area contributed by atoms with Crippen molar-refractivity contribution in [2.75, 3.05) is 0 Å². The Morgan fingerprint density at radius 3 is 2.00 bits per heavy atom. The van der Waals surface area contributed by atoms with Crippen molar-refractivity contribution in [2.45, 2.75) is 12.8 Å². The number of para-hydroxylation sites is 2. The van der Waals surface area contributed by atoms with E-state index < -0.39 is 0 Å². The van der Waals surface area contributed by atoms with Crippen LogP contribution in [0.3, 0.4) is 0 Å². The van der Waals surface area contributed by atoms with Crippen molar-refractivity contribution in [3.05, 3.63) is 175 Å². The van der Waals surface area contributed by atoms with Crippen LogP contribution >= 0.6 is 0 Å². The summed E-state index contributed by atoms with van der Waals surface area (Å²) in [6, 6.07) is 55.5. The third-order valence-electron chi connectivity index (χ3n) is 11.5. The van der Waals surface area contributed by atoms with Gasteiger partial charge in [0.2, 0.25) is 0 Å². The van der Waals surface area contributed by atoms with Gasteiger partial charge in [-0.3, -0.25) is 0 Å². The van der Waals surface area contributed by atoms with Gasteiger partial charge in [-0.1, -0.05) is 140 Å². The van der Waals surface area contributed by atoms with Gasteiger partial charge in [-0.25, -0.2) is 15.0 Å². The molecule has 0 amide bonds. The second-order valence-electron chi connectivity index (χ2n) is 14.7. The van der Waals surface area contributed by atoms with Gasteiger partial charge in [0.25, 0.3) is 0 Å². The van der Waals surface area contributed by atoms with E-state index in [2.05, 4.69) is 150 Å². The number of hydrogen-bond acceptors (Lipinski definition) is 4. The van der Waals surface area contributed by atoms with Crippen LogP contribution in [0.15, 0.2) is 168 Å². The molecule has 0 fully saturated rings. The fourth-order valence-electron chi connectivity index (χ4n) is 8.91. The Morgan fingerprint density at radius 1 is 0.500 bits per heavy atom. The summed E-state index contributed by atoms with van der Waals surface area (Å²) in [5.74, 6) is 1.88. The third-order valence-corrected chi connectivity index (χ3v) is 11.5. The van der Waals surface area contributed by atoms with E-state index in [9.17, 15) is 0 Å². The topological polar surface area (TPSA) is 56.7 Å². The molecule has 1 aliphatic rings. The molecule has 262 valence electrons. The Kier molecular flexibility index (Phi) is 6.69. The van der Waals surface area contributed by atoms with Gasteiger partial charge in [0.05, 0.1) is 16.6 Å². The highest BCUT2D eigenvalue weighted by molar-refractivity contribution is 6.19. The number of allylic oxidation sites excluding steroid dienone is 1. The molecule has 0 unspecified atom stereocenters. The van der Waals surface area contributed by atoms with Crippen LogP contribution in [0.25, 0.3) is 111 Å². The van der Waals surface area contributed by atoms with Crippen LogP contribution in [0.4, 0.5) is 0 Å². The van der Waals surface area contributed by atoms with Crippen LogP contribution in [0.5, 0.6) is 0 Å². The van der Waals surface area contributed by atoms with E-state index in [4.69, 9.17) is 19.4 Å². The largest absolute Gasteiger partial charge is 0.454 e. The molecule has 3 heterocycles. The monoisotopic (exact) mass is 716 g/mol. The van der Waals surface area contributed by atoms with Crippen molar-refractivity contribution < 1.29 is 4.42 Å². The molecule has 3 aromatic heterocycles. The number of nitrogens with zero attached hydrogens (tertiary/aromatic N) is 4. The summed E-state index contributed by atoms with van der Waals surface area (Å²) in [5.41, 5.74) is 10.0. The van der Waals surface area contributed by atoms with Crippen LogP contribution in [0.1, 0.15) is 17.5 Å². The first kappa shape index (κ1) is 31.0. The lowest BCUT2D eigenvalue weighted by molar-refractivity contribution is 0.666. The van der Waals surface area contributed by atoms with E-state index in [-0.39, 0.29) is 0 Å². The molecule has 5 nitrogen and oxygen atoms in total. The predicted molar refractivity (Wildman–Crippen MR) is 230 cm³/mol. The molecule has 0 saturated heterocycles. The maximum atomic E-state index is 7.07. The van der Waals surface area contributed by atoms with E-state index in [1.165, 1.54) is 32.5 Å². The minimum atomic E-state index is 0.623. The molecule has 12 rings (SSSR count). The lowest BCUT2D eigenvalue weighted by Gasteiger charge is -2.22. The number of rotatable bonds is 4. The number of fused-ring (bicyclic) bond motifs is 10. The fourth-order valence-corrected chi connectivity index (χ4v) is 8.91. The van der Waals surface area contributed by atoms with Gasteiger partial charge in [-0.15, -0.1) is 0 Å². The Morgan fingerprint density at radius 2 is 1.16 bits per heavy atom. The molecular formula is C51H32N4O. The Labute approximate surface area is 321 Å². The van der Waals surface area contributed by atoms with Gasteiger partial charge >= 0.3 is 0 Å². The van der Waals surface area contributed by atoms with Crippen LogP contribution in [0.2, 0.25) is 0 Å². The molecule has 1 aliphatic carbocycles. The summed E-state index contributed by atoms with van der Waals surface area (Å²) in [6.07, 6.45) is 6.30. The van der Waals surface area contributed by atoms with Crippen LogP contribution in [-0.2, 0) is 6.42 Å². The zero-order chi connectivity index (χ0) is 36.7. The summed E-state index contributed by atoms with van der Waals surface area (Å²) in [5, 5.41) is 9.27. The third kappa shape index (κ3) is 4.64. The molecule has 8 aromatic carbocycles. The maximum Gasteiger partial charge on any atom is 0.166 e. The molecule has 0 spiro atoms. The number of furan rings is 1. The molecular weight excluding hydrogens is 685 g/mol. The quantitative estimate of drug-likeness (QED) is 0.182. The highest BCUT2D eigenvalue weighted by Gasteiger charge is 2.30. The van der Waals surface area contributed by atoms with Gasteiger partial charge < -0.3 is 8.98 Å². The number of aromatic nitrogens is 4. The van der Waals surface area contributed by atoms with E-state index in [1.54, 1.807) is 0 Å². The molecule has 11 aromatic rings. The molecule has 0 saturated carbocycles. The van der Waals surface area contributed by atoms with E-state index in [0.29, 0.717) is 17.5 Å². The van der Waals surface area contributed by atoms with Crippen LogP contribution < -0.4 is 0 Å². The fraction of sp³-hybridized carbons (Fsp3) is 0.0392. The second-order valence-corrected chi connectivity index (χ2v) is 14.7. The second kappa shape index (κ2) is 12.1. The Balaban J connectivity index is 1.27. The Bertz CT molecular complexity index is 3430. The summed E-state index contributed by atoms with van der Waals surface area (Å²) in [6.45, 7) is 0. The first-order valence-corrected chi connectivity index (χ1v) is 19.2. The highest BCUT2D eigenvalue weighted by Crippen LogP contribution is 2.48. The molecule has 5 heteroatoms.